The van der Waals surface area contributed by atoms with Gasteiger partial charge in [0.15, 0.2) is 0 Å². The number of para-hydroxylation sites is 1. The minimum atomic E-state index is -1.26. The molecular weight excluding hydrogens is 372 g/mol. The minimum Gasteiger partial charge on any atom is -0.478 e. The van der Waals surface area contributed by atoms with Gasteiger partial charge in [0.2, 0.25) is 0 Å². The summed E-state index contributed by atoms with van der Waals surface area (Å²) < 4.78 is 8.59. The predicted molar refractivity (Wildman–Crippen MR) is 112 cm³/mol. The van der Waals surface area contributed by atoms with Crippen LogP contribution in [0.25, 0.3) is 10.9 Å². The third-order valence-electron chi connectivity index (χ3n) is 5.11. The van der Waals surface area contributed by atoms with Crippen molar-refractivity contribution in [2.45, 2.75) is 31.8 Å². The van der Waals surface area contributed by atoms with Gasteiger partial charge in [-0.3, -0.25) is 0 Å². The van der Waals surface area contributed by atoms with Crippen molar-refractivity contribution in [2.24, 2.45) is 7.05 Å². The monoisotopic (exact) mass is 402 g/mol. The van der Waals surface area contributed by atoms with Crippen LogP contribution in [0.5, 0.6) is 0 Å². The molecule has 0 aliphatic carbocycles. The molecule has 1 atom stereocenters. The normalized spacial score (nSPS) is 18.5. The summed E-state index contributed by atoms with van der Waals surface area (Å²) in [7, 11) is 6.44. The fraction of sp³-hybridized carbons (Fsp3) is 0.455. The highest BCUT2D eigenvalue weighted by molar-refractivity contribution is 5.89. The van der Waals surface area contributed by atoms with Gasteiger partial charge in [-0.25, -0.2) is 9.59 Å². The molecule has 7 heteroatoms. The number of carboxylic acid groups (broad SMARTS) is 2. The van der Waals surface area contributed by atoms with Gasteiger partial charge in [-0.1, -0.05) is 18.2 Å². The van der Waals surface area contributed by atoms with E-state index in [0.29, 0.717) is 12.2 Å². The Balaban J connectivity index is 0.000000321. The van der Waals surface area contributed by atoms with Crippen molar-refractivity contribution in [3.05, 3.63) is 47.7 Å². The first-order valence-electron chi connectivity index (χ1n) is 9.65. The van der Waals surface area contributed by atoms with E-state index in [1.807, 2.05) is 0 Å². The molecule has 0 saturated heterocycles. The number of benzene rings is 1. The first-order chi connectivity index (χ1) is 13.7. The quantitative estimate of drug-likeness (QED) is 0.722. The maximum absolute atomic E-state index is 9.55. The lowest BCUT2D eigenvalue weighted by Crippen LogP contribution is -2.35. The van der Waals surface area contributed by atoms with E-state index in [2.05, 4.69) is 61.8 Å². The van der Waals surface area contributed by atoms with Crippen LogP contribution in [0.4, 0.5) is 0 Å². The molecule has 1 aromatic carbocycles. The smallest absolute Gasteiger partial charge is 0.328 e. The molecule has 1 aliphatic rings. The summed E-state index contributed by atoms with van der Waals surface area (Å²) in [5.74, 6) is -2.51. The highest BCUT2D eigenvalue weighted by Crippen LogP contribution is 2.41. The summed E-state index contributed by atoms with van der Waals surface area (Å²) in [6.07, 6.45) is 4.37. The van der Waals surface area contributed by atoms with Gasteiger partial charge in [0.1, 0.15) is 5.60 Å². The maximum Gasteiger partial charge on any atom is 0.328 e. The average molecular weight is 402 g/mol. The summed E-state index contributed by atoms with van der Waals surface area (Å²) in [6.45, 7) is 4.21. The van der Waals surface area contributed by atoms with Crippen LogP contribution < -0.4 is 0 Å². The predicted octanol–water partition coefficient (Wildman–Crippen LogP) is 3.02. The molecule has 2 N–H and O–H groups in total. The highest BCUT2D eigenvalue weighted by atomic mass is 16.5. The fourth-order valence-electron chi connectivity index (χ4n) is 3.91. The number of nitrogens with zero attached hydrogens (tertiary/aromatic N) is 2. The summed E-state index contributed by atoms with van der Waals surface area (Å²) in [5.41, 5.74) is 4.05. The van der Waals surface area contributed by atoms with Crippen molar-refractivity contribution in [3.8, 4) is 0 Å². The van der Waals surface area contributed by atoms with Crippen LogP contribution in [-0.2, 0) is 33.4 Å². The second-order valence-electron chi connectivity index (χ2n) is 7.65. The van der Waals surface area contributed by atoms with Crippen molar-refractivity contribution in [3.63, 3.8) is 0 Å². The summed E-state index contributed by atoms with van der Waals surface area (Å²) in [6, 6.07) is 8.73. The molecule has 1 aliphatic heterocycles. The maximum atomic E-state index is 9.55. The van der Waals surface area contributed by atoms with E-state index in [1.165, 1.54) is 22.2 Å². The Kier molecular flexibility index (Phi) is 7.59. The van der Waals surface area contributed by atoms with E-state index >= 15 is 0 Å². The van der Waals surface area contributed by atoms with Crippen molar-refractivity contribution < 1.29 is 24.5 Å². The number of ether oxygens (including phenoxy) is 1. The standard InChI is InChI=1S/C18H26N2O.C4H4O4/c1-18(11-7-12-19(2)3)17-15(10-13-21-18)14-8-5-6-9-16(14)20(17)4;5-3(6)1-2-4(7)8/h5-6,8-9H,7,10-13H2,1-4H3;1-2H,(H,5,6)(H,7,8)/b;2-1+. The Morgan fingerprint density at radius 2 is 1.83 bits per heavy atom. The van der Waals surface area contributed by atoms with E-state index in [0.717, 1.165) is 32.4 Å². The number of carbonyl (C=O) groups is 2. The van der Waals surface area contributed by atoms with Gasteiger partial charge in [-0.05, 0) is 58.5 Å². The lowest BCUT2D eigenvalue weighted by molar-refractivity contribution is -0.134. The molecule has 0 saturated carbocycles. The molecular formula is C22H30N2O5. The lowest BCUT2D eigenvalue weighted by atomic mass is 9.88. The zero-order chi connectivity index (χ0) is 21.6. The number of fused-ring (bicyclic) bond motifs is 3. The zero-order valence-electron chi connectivity index (χ0n) is 17.5. The second kappa shape index (κ2) is 9.71. The van der Waals surface area contributed by atoms with E-state index < -0.39 is 11.9 Å². The van der Waals surface area contributed by atoms with Gasteiger partial charge in [0.25, 0.3) is 0 Å². The van der Waals surface area contributed by atoms with Crippen molar-refractivity contribution in [1.29, 1.82) is 0 Å². The number of aliphatic carboxylic acids is 2. The highest BCUT2D eigenvalue weighted by Gasteiger charge is 2.36. The van der Waals surface area contributed by atoms with Crippen molar-refractivity contribution >= 4 is 22.8 Å². The molecule has 1 aromatic heterocycles. The Morgan fingerprint density at radius 1 is 1.21 bits per heavy atom. The molecule has 2 heterocycles. The Labute approximate surface area is 171 Å². The van der Waals surface area contributed by atoms with Crippen LogP contribution >= 0.6 is 0 Å². The largest absolute Gasteiger partial charge is 0.478 e. The molecule has 0 spiro atoms. The SMILES string of the molecule is CN(C)CCCC1(C)OCCc2c1n(C)c1ccccc21.O=C(O)/C=C/C(=O)O. The Bertz CT molecular complexity index is 884. The number of aryl methyl sites for hydroxylation is 1. The molecule has 1 unspecified atom stereocenters. The fourth-order valence-corrected chi connectivity index (χ4v) is 3.91. The van der Waals surface area contributed by atoms with Crippen LogP contribution in [0, 0.1) is 0 Å². The van der Waals surface area contributed by atoms with Crippen LogP contribution in [0.2, 0.25) is 0 Å². The molecule has 29 heavy (non-hydrogen) atoms. The topological polar surface area (TPSA) is 92.0 Å². The van der Waals surface area contributed by atoms with Crippen LogP contribution in [0.15, 0.2) is 36.4 Å². The van der Waals surface area contributed by atoms with E-state index in [4.69, 9.17) is 14.9 Å². The third kappa shape index (κ3) is 5.68. The van der Waals surface area contributed by atoms with Gasteiger partial charge < -0.3 is 24.4 Å². The Morgan fingerprint density at radius 3 is 2.41 bits per heavy atom. The number of hydrogen-bond donors (Lipinski definition) is 2. The number of carboxylic acids is 2. The van der Waals surface area contributed by atoms with Crippen LogP contribution in [0.1, 0.15) is 31.0 Å². The van der Waals surface area contributed by atoms with Crippen LogP contribution in [0.3, 0.4) is 0 Å². The molecule has 0 bridgehead atoms. The third-order valence-corrected chi connectivity index (χ3v) is 5.11. The van der Waals surface area contributed by atoms with Gasteiger partial charge in [-0.15, -0.1) is 0 Å². The van der Waals surface area contributed by atoms with Gasteiger partial charge >= 0.3 is 11.9 Å². The minimum absolute atomic E-state index is 0.155. The molecule has 0 fully saturated rings. The van der Waals surface area contributed by atoms with Crippen LogP contribution in [-0.4, -0.2) is 58.9 Å². The van der Waals surface area contributed by atoms with Crippen molar-refractivity contribution in [1.82, 2.24) is 9.47 Å². The number of hydrogen-bond acceptors (Lipinski definition) is 4. The first kappa shape index (κ1) is 22.6. The van der Waals surface area contributed by atoms with E-state index in [1.54, 1.807) is 0 Å². The summed E-state index contributed by atoms with van der Waals surface area (Å²) >= 11 is 0. The molecule has 2 aromatic rings. The first-order valence-corrected chi connectivity index (χ1v) is 9.65. The average Bonchev–Trinajstić information content (AvgIpc) is 2.95. The number of rotatable bonds is 6. The molecule has 0 radical (unpaired) electrons. The number of aromatic nitrogens is 1. The van der Waals surface area contributed by atoms with Gasteiger partial charge in [0, 0.05) is 30.1 Å². The summed E-state index contributed by atoms with van der Waals surface area (Å²) in [5, 5.41) is 17.0. The Hall–Kier alpha value is -2.64. The van der Waals surface area contributed by atoms with Crippen molar-refractivity contribution in [2.75, 3.05) is 27.2 Å². The molecule has 7 nitrogen and oxygen atoms in total. The lowest BCUT2D eigenvalue weighted by Gasteiger charge is -2.36. The van der Waals surface area contributed by atoms with Gasteiger partial charge in [0.05, 0.1) is 12.3 Å². The molecule has 0 amide bonds. The molecule has 158 valence electrons. The zero-order valence-corrected chi connectivity index (χ0v) is 17.5. The van der Waals surface area contributed by atoms with E-state index in [-0.39, 0.29) is 5.60 Å². The van der Waals surface area contributed by atoms with E-state index in [9.17, 15) is 9.59 Å². The summed E-state index contributed by atoms with van der Waals surface area (Å²) in [4.78, 5) is 21.4. The second-order valence-corrected chi connectivity index (χ2v) is 7.65. The van der Waals surface area contributed by atoms with Gasteiger partial charge in [-0.2, -0.15) is 0 Å². The molecule has 3 rings (SSSR count).